The molecular formula is C20H17F2N3O2. The maximum Gasteiger partial charge on any atom is 0.253 e. The minimum Gasteiger partial charge on any atom is -0.448 e. The average molecular weight is 369 g/mol. The van der Waals surface area contributed by atoms with Crippen LogP contribution < -0.4 is 0 Å². The summed E-state index contributed by atoms with van der Waals surface area (Å²) in [6, 6.07) is 8.76. The van der Waals surface area contributed by atoms with E-state index in [2.05, 4.69) is 9.97 Å². The molecule has 3 aromatic rings. The van der Waals surface area contributed by atoms with E-state index >= 15 is 0 Å². The van der Waals surface area contributed by atoms with Gasteiger partial charge in [0.2, 0.25) is 0 Å². The maximum atomic E-state index is 13.4. The van der Waals surface area contributed by atoms with Crippen LogP contribution in [0, 0.1) is 11.6 Å². The third kappa shape index (κ3) is 3.58. The zero-order valence-electron chi connectivity index (χ0n) is 14.4. The summed E-state index contributed by atoms with van der Waals surface area (Å²) in [7, 11) is 0. The average Bonchev–Trinajstić information content (AvgIpc) is 3.21. The number of piperidine rings is 1. The van der Waals surface area contributed by atoms with Gasteiger partial charge in [-0.15, -0.1) is 0 Å². The van der Waals surface area contributed by atoms with Crippen LogP contribution in [0.1, 0.15) is 35.0 Å². The first-order chi connectivity index (χ1) is 13.1. The lowest BCUT2D eigenvalue weighted by Crippen LogP contribution is -2.39. The highest BCUT2D eigenvalue weighted by Gasteiger charge is 2.29. The molecule has 1 aliphatic heterocycles. The van der Waals surface area contributed by atoms with Crippen LogP contribution in [-0.4, -0.2) is 33.9 Å². The van der Waals surface area contributed by atoms with Crippen LogP contribution in [-0.2, 0) is 0 Å². The van der Waals surface area contributed by atoms with E-state index in [0.29, 0.717) is 24.7 Å². The Morgan fingerprint density at radius 1 is 1.15 bits per heavy atom. The topological polar surface area (TPSA) is 59.2 Å². The molecule has 1 amide bonds. The van der Waals surface area contributed by atoms with Crippen molar-refractivity contribution in [1.29, 1.82) is 0 Å². The summed E-state index contributed by atoms with van der Waals surface area (Å²) in [6.45, 7) is 0.974. The van der Waals surface area contributed by atoms with E-state index in [-0.39, 0.29) is 17.4 Å². The SMILES string of the molecule is O=C(c1ccc(F)c(F)c1)N1CCCC(c2nc(-c3ccccn3)co2)C1. The minimum atomic E-state index is -1.03. The van der Waals surface area contributed by atoms with Crippen LogP contribution >= 0.6 is 0 Å². The third-order valence-electron chi connectivity index (χ3n) is 4.67. The lowest BCUT2D eigenvalue weighted by Gasteiger charge is -2.31. The highest BCUT2D eigenvalue weighted by molar-refractivity contribution is 5.94. The van der Waals surface area contributed by atoms with Gasteiger partial charge in [0.15, 0.2) is 17.5 Å². The first kappa shape index (κ1) is 17.3. The number of likely N-dealkylation sites (tertiary alicyclic amines) is 1. The van der Waals surface area contributed by atoms with Crippen molar-refractivity contribution in [2.75, 3.05) is 13.1 Å². The Balaban J connectivity index is 1.50. The zero-order chi connectivity index (χ0) is 18.8. The highest BCUT2D eigenvalue weighted by Crippen LogP contribution is 2.29. The molecule has 0 saturated carbocycles. The molecule has 0 N–H and O–H groups in total. The molecule has 1 fully saturated rings. The number of hydrogen-bond donors (Lipinski definition) is 0. The molecular weight excluding hydrogens is 352 g/mol. The van der Waals surface area contributed by atoms with Gasteiger partial charge in [-0.25, -0.2) is 13.8 Å². The van der Waals surface area contributed by atoms with Gasteiger partial charge < -0.3 is 9.32 Å². The second-order valence-electron chi connectivity index (χ2n) is 6.51. The second kappa shape index (κ2) is 7.26. The predicted octanol–water partition coefficient (Wildman–Crippen LogP) is 4.03. The predicted molar refractivity (Wildman–Crippen MR) is 94.0 cm³/mol. The van der Waals surface area contributed by atoms with E-state index in [1.165, 1.54) is 6.07 Å². The van der Waals surface area contributed by atoms with Crippen molar-refractivity contribution in [3.8, 4) is 11.4 Å². The number of carbonyl (C=O) groups is 1. The lowest BCUT2D eigenvalue weighted by molar-refractivity contribution is 0.0697. The molecule has 27 heavy (non-hydrogen) atoms. The molecule has 3 heterocycles. The van der Waals surface area contributed by atoms with Crippen molar-refractivity contribution < 1.29 is 18.0 Å². The maximum absolute atomic E-state index is 13.4. The number of pyridine rings is 1. The molecule has 0 aliphatic carbocycles. The van der Waals surface area contributed by atoms with E-state index in [4.69, 9.17) is 4.42 Å². The van der Waals surface area contributed by atoms with Crippen LogP contribution in [0.4, 0.5) is 8.78 Å². The fourth-order valence-electron chi connectivity index (χ4n) is 3.28. The standard InChI is InChI=1S/C20H17F2N3O2/c21-15-7-6-13(10-16(15)22)20(26)25-9-3-4-14(11-25)19-24-18(12-27-19)17-5-1-2-8-23-17/h1-2,5-8,10,12,14H,3-4,9,11H2. The Hall–Kier alpha value is -3.09. The first-order valence-electron chi connectivity index (χ1n) is 8.73. The molecule has 1 saturated heterocycles. The fraction of sp³-hybridized carbons (Fsp3) is 0.250. The van der Waals surface area contributed by atoms with Gasteiger partial charge in [-0.1, -0.05) is 6.07 Å². The number of aromatic nitrogens is 2. The number of nitrogens with zero attached hydrogens (tertiary/aromatic N) is 3. The molecule has 0 bridgehead atoms. The van der Waals surface area contributed by atoms with Gasteiger partial charge in [0.1, 0.15) is 12.0 Å². The molecule has 138 valence electrons. The van der Waals surface area contributed by atoms with Gasteiger partial charge in [0.05, 0.1) is 11.6 Å². The number of amides is 1. The molecule has 4 rings (SSSR count). The molecule has 1 unspecified atom stereocenters. The fourth-order valence-corrected chi connectivity index (χ4v) is 3.28. The summed E-state index contributed by atoms with van der Waals surface area (Å²) in [6.07, 6.45) is 4.87. The van der Waals surface area contributed by atoms with Crippen LogP contribution in [0.3, 0.4) is 0 Å². The summed E-state index contributed by atoms with van der Waals surface area (Å²) < 4.78 is 32.2. The molecule has 0 spiro atoms. The Morgan fingerprint density at radius 2 is 2.04 bits per heavy atom. The minimum absolute atomic E-state index is 0.0505. The van der Waals surface area contributed by atoms with Crippen LogP contribution in [0.5, 0.6) is 0 Å². The van der Waals surface area contributed by atoms with Gasteiger partial charge in [-0.05, 0) is 43.2 Å². The Bertz CT molecular complexity index is 959. The van der Waals surface area contributed by atoms with Crippen molar-refractivity contribution in [1.82, 2.24) is 14.9 Å². The molecule has 2 aromatic heterocycles. The molecule has 1 atom stereocenters. The summed E-state index contributed by atoms with van der Waals surface area (Å²) in [4.78, 5) is 23.0. The summed E-state index contributed by atoms with van der Waals surface area (Å²) >= 11 is 0. The number of hydrogen-bond acceptors (Lipinski definition) is 4. The van der Waals surface area contributed by atoms with Crippen molar-refractivity contribution >= 4 is 5.91 Å². The Morgan fingerprint density at radius 3 is 2.81 bits per heavy atom. The van der Waals surface area contributed by atoms with Crippen molar-refractivity contribution in [3.63, 3.8) is 0 Å². The van der Waals surface area contributed by atoms with E-state index < -0.39 is 11.6 Å². The normalized spacial score (nSPS) is 17.1. The monoisotopic (exact) mass is 369 g/mol. The molecule has 1 aliphatic rings. The third-order valence-corrected chi connectivity index (χ3v) is 4.67. The number of oxazole rings is 1. The largest absolute Gasteiger partial charge is 0.448 e. The summed E-state index contributed by atoms with van der Waals surface area (Å²) in [5, 5.41) is 0. The number of rotatable bonds is 3. The van der Waals surface area contributed by atoms with Gasteiger partial charge in [0.25, 0.3) is 5.91 Å². The van der Waals surface area contributed by atoms with E-state index in [9.17, 15) is 13.6 Å². The smallest absolute Gasteiger partial charge is 0.253 e. The Labute approximate surface area is 154 Å². The van der Waals surface area contributed by atoms with Gasteiger partial charge in [-0.3, -0.25) is 9.78 Å². The van der Waals surface area contributed by atoms with Crippen molar-refractivity contribution in [2.24, 2.45) is 0 Å². The lowest BCUT2D eigenvalue weighted by atomic mass is 9.97. The molecule has 0 radical (unpaired) electrons. The van der Waals surface area contributed by atoms with Crippen molar-refractivity contribution in [3.05, 3.63) is 71.9 Å². The van der Waals surface area contributed by atoms with Crippen LogP contribution in [0.2, 0.25) is 0 Å². The highest BCUT2D eigenvalue weighted by atomic mass is 19.2. The van der Waals surface area contributed by atoms with Gasteiger partial charge >= 0.3 is 0 Å². The number of halogens is 2. The van der Waals surface area contributed by atoms with Gasteiger partial charge in [-0.2, -0.15) is 0 Å². The van der Waals surface area contributed by atoms with E-state index in [1.807, 2.05) is 18.2 Å². The van der Waals surface area contributed by atoms with Crippen LogP contribution in [0.25, 0.3) is 11.4 Å². The molecule has 1 aromatic carbocycles. The second-order valence-corrected chi connectivity index (χ2v) is 6.51. The van der Waals surface area contributed by atoms with E-state index in [0.717, 1.165) is 30.7 Å². The van der Waals surface area contributed by atoms with Crippen LogP contribution in [0.15, 0.2) is 53.3 Å². The van der Waals surface area contributed by atoms with E-state index in [1.54, 1.807) is 17.4 Å². The summed E-state index contributed by atoms with van der Waals surface area (Å²) in [5.41, 5.74) is 1.50. The quantitative estimate of drug-likeness (QED) is 0.699. The molecule has 7 heteroatoms. The zero-order valence-corrected chi connectivity index (χ0v) is 14.4. The molecule has 5 nitrogen and oxygen atoms in total. The Kier molecular flexibility index (Phi) is 4.66. The number of carbonyl (C=O) groups excluding carboxylic acids is 1. The number of benzene rings is 1. The summed E-state index contributed by atoms with van der Waals surface area (Å²) in [5.74, 6) is -1.81. The van der Waals surface area contributed by atoms with Gasteiger partial charge in [0, 0.05) is 24.8 Å². The van der Waals surface area contributed by atoms with Crippen molar-refractivity contribution in [2.45, 2.75) is 18.8 Å². The first-order valence-corrected chi connectivity index (χ1v) is 8.73.